The summed E-state index contributed by atoms with van der Waals surface area (Å²) >= 11 is 3.90. The third kappa shape index (κ3) is 8.39. The predicted molar refractivity (Wildman–Crippen MR) is 132 cm³/mol. The van der Waals surface area contributed by atoms with Crippen LogP contribution in [0.15, 0.2) is 48.5 Å². The number of nitrogens with one attached hydrogen (secondary N) is 1. The second-order valence-electron chi connectivity index (χ2n) is 8.30. The van der Waals surface area contributed by atoms with E-state index in [4.69, 9.17) is 19.3 Å². The molecule has 0 aliphatic heterocycles. The lowest BCUT2D eigenvalue weighted by atomic mass is 9.80. The first kappa shape index (κ1) is 27.2. The summed E-state index contributed by atoms with van der Waals surface area (Å²) in [5, 5.41) is 11.6. The monoisotopic (exact) mass is 489 g/mol. The lowest BCUT2D eigenvalue weighted by Crippen LogP contribution is -2.30. The van der Waals surface area contributed by atoms with Gasteiger partial charge in [-0.1, -0.05) is 26.0 Å². The maximum absolute atomic E-state index is 12.8. The first-order valence-electron chi connectivity index (χ1n) is 10.8. The summed E-state index contributed by atoms with van der Waals surface area (Å²) in [4.78, 5) is 35.7. The summed E-state index contributed by atoms with van der Waals surface area (Å²) in [6.07, 6.45) is -0.909. The standard InChI is InChI=1S/C25H31NO7S/c1-17(28)18-4-8-20(9-5-18)26-24(30)33-23(25(2,3)12-14-32-22(29)16-34)19-6-10-21(11-7-19)31-15-13-27/h4-11,23,27,34H,12-16H2,1-3H3,(H,26,30)/t23-/m1/s1. The molecule has 0 bridgehead atoms. The zero-order valence-corrected chi connectivity index (χ0v) is 20.5. The van der Waals surface area contributed by atoms with Crippen LogP contribution in [0.25, 0.3) is 0 Å². The highest BCUT2D eigenvalue weighted by Gasteiger charge is 2.34. The molecule has 0 spiro atoms. The van der Waals surface area contributed by atoms with E-state index in [0.717, 1.165) is 5.56 Å². The van der Waals surface area contributed by atoms with Gasteiger partial charge < -0.3 is 19.3 Å². The Balaban J connectivity index is 2.18. The van der Waals surface area contributed by atoms with Gasteiger partial charge in [0.15, 0.2) is 5.78 Å². The molecule has 0 saturated heterocycles. The Kier molecular flexibility index (Phi) is 10.4. The number of hydrogen-bond donors (Lipinski definition) is 3. The minimum atomic E-state index is -0.675. The highest BCUT2D eigenvalue weighted by atomic mass is 32.1. The summed E-state index contributed by atoms with van der Waals surface area (Å²) in [7, 11) is 0. The molecule has 0 unspecified atom stereocenters. The summed E-state index contributed by atoms with van der Waals surface area (Å²) < 4.78 is 16.4. The average Bonchev–Trinajstić information content (AvgIpc) is 2.81. The molecular formula is C25H31NO7S. The fraction of sp³-hybridized carbons (Fsp3) is 0.400. The molecule has 9 heteroatoms. The van der Waals surface area contributed by atoms with Crippen LogP contribution < -0.4 is 10.1 Å². The molecule has 34 heavy (non-hydrogen) atoms. The van der Waals surface area contributed by atoms with Gasteiger partial charge >= 0.3 is 12.1 Å². The van der Waals surface area contributed by atoms with Crippen LogP contribution in [-0.4, -0.2) is 48.5 Å². The second kappa shape index (κ2) is 13.0. The third-order valence-electron chi connectivity index (χ3n) is 5.15. The maximum atomic E-state index is 12.8. The highest BCUT2D eigenvalue weighted by Crippen LogP contribution is 2.40. The van der Waals surface area contributed by atoms with Crippen molar-refractivity contribution in [2.45, 2.75) is 33.3 Å². The fourth-order valence-corrected chi connectivity index (χ4v) is 3.32. The Morgan fingerprint density at radius 2 is 1.68 bits per heavy atom. The van der Waals surface area contributed by atoms with Crippen LogP contribution in [0.1, 0.15) is 49.2 Å². The number of hydrogen-bond acceptors (Lipinski definition) is 8. The molecular weight excluding hydrogens is 458 g/mol. The van der Waals surface area contributed by atoms with E-state index in [1.807, 2.05) is 13.8 Å². The van der Waals surface area contributed by atoms with Crippen molar-refractivity contribution >= 4 is 36.2 Å². The quantitative estimate of drug-likeness (QED) is 0.230. The number of ketones is 1. The van der Waals surface area contributed by atoms with E-state index < -0.39 is 23.6 Å². The number of amides is 1. The van der Waals surface area contributed by atoms with Crippen molar-refractivity contribution in [1.82, 2.24) is 0 Å². The van der Waals surface area contributed by atoms with Crippen molar-refractivity contribution in [1.29, 1.82) is 0 Å². The second-order valence-corrected chi connectivity index (χ2v) is 8.62. The minimum Gasteiger partial charge on any atom is -0.491 e. The van der Waals surface area contributed by atoms with Crippen LogP contribution in [0, 0.1) is 5.41 Å². The van der Waals surface area contributed by atoms with Gasteiger partial charge in [0.2, 0.25) is 0 Å². The Morgan fingerprint density at radius 3 is 2.24 bits per heavy atom. The molecule has 0 radical (unpaired) electrons. The molecule has 0 fully saturated rings. The van der Waals surface area contributed by atoms with Gasteiger partial charge in [-0.3, -0.25) is 14.9 Å². The molecule has 184 valence electrons. The normalized spacial score (nSPS) is 11.9. The summed E-state index contributed by atoms with van der Waals surface area (Å²) in [5.41, 5.74) is 1.16. The summed E-state index contributed by atoms with van der Waals surface area (Å²) in [5.74, 6) is 0.0716. The Hall–Kier alpha value is -3.04. The molecule has 1 atom stereocenters. The minimum absolute atomic E-state index is 0.0134. The molecule has 2 rings (SSSR count). The van der Waals surface area contributed by atoms with Crippen LogP contribution >= 0.6 is 12.6 Å². The van der Waals surface area contributed by atoms with Gasteiger partial charge in [-0.05, 0) is 55.3 Å². The average molecular weight is 490 g/mol. The Labute approximate surface area is 205 Å². The SMILES string of the molecule is CC(=O)c1ccc(NC(=O)O[C@H](c2ccc(OCCO)cc2)C(C)(C)CCOC(=O)CS)cc1. The first-order valence-corrected chi connectivity index (χ1v) is 11.5. The number of aliphatic hydroxyl groups is 1. The maximum Gasteiger partial charge on any atom is 0.412 e. The number of carbonyl (C=O) groups excluding carboxylic acids is 3. The van der Waals surface area contributed by atoms with Gasteiger partial charge in [0, 0.05) is 16.7 Å². The Bertz CT molecular complexity index is 958. The smallest absolute Gasteiger partial charge is 0.412 e. The molecule has 2 aromatic carbocycles. The van der Waals surface area contributed by atoms with Gasteiger partial charge in [0.05, 0.1) is 19.0 Å². The topological polar surface area (TPSA) is 111 Å². The lowest BCUT2D eigenvalue weighted by molar-refractivity contribution is -0.141. The van der Waals surface area contributed by atoms with Crippen LogP contribution in [0.3, 0.4) is 0 Å². The van der Waals surface area contributed by atoms with Gasteiger partial charge in [0.1, 0.15) is 18.5 Å². The fourth-order valence-electron chi connectivity index (χ4n) is 3.23. The largest absolute Gasteiger partial charge is 0.491 e. The van der Waals surface area contributed by atoms with Crippen molar-refractivity contribution in [2.75, 3.05) is 30.9 Å². The van der Waals surface area contributed by atoms with E-state index in [0.29, 0.717) is 23.4 Å². The number of anilines is 1. The van der Waals surface area contributed by atoms with E-state index in [1.54, 1.807) is 48.5 Å². The van der Waals surface area contributed by atoms with Crippen molar-refractivity contribution in [3.05, 3.63) is 59.7 Å². The zero-order chi connectivity index (χ0) is 25.1. The Morgan fingerprint density at radius 1 is 1.03 bits per heavy atom. The predicted octanol–water partition coefficient (Wildman–Crippen LogP) is 4.44. The highest BCUT2D eigenvalue weighted by molar-refractivity contribution is 7.81. The number of ether oxygens (including phenoxy) is 3. The summed E-state index contributed by atoms with van der Waals surface area (Å²) in [6.45, 7) is 5.52. The molecule has 8 nitrogen and oxygen atoms in total. The molecule has 2 N–H and O–H groups in total. The van der Waals surface area contributed by atoms with Crippen LogP contribution in [0.4, 0.5) is 10.5 Å². The van der Waals surface area contributed by atoms with E-state index in [2.05, 4.69) is 17.9 Å². The van der Waals surface area contributed by atoms with Gasteiger partial charge in [0.25, 0.3) is 0 Å². The van der Waals surface area contributed by atoms with Gasteiger partial charge in [-0.2, -0.15) is 12.6 Å². The molecule has 2 aromatic rings. The van der Waals surface area contributed by atoms with E-state index >= 15 is 0 Å². The van der Waals surface area contributed by atoms with Crippen LogP contribution in [0.2, 0.25) is 0 Å². The lowest BCUT2D eigenvalue weighted by Gasteiger charge is -2.34. The van der Waals surface area contributed by atoms with Crippen molar-refractivity contribution < 1.29 is 33.7 Å². The zero-order valence-electron chi connectivity index (χ0n) is 19.6. The van der Waals surface area contributed by atoms with Crippen molar-refractivity contribution in [3.63, 3.8) is 0 Å². The number of esters is 1. The van der Waals surface area contributed by atoms with E-state index in [-0.39, 0.29) is 31.4 Å². The molecule has 0 aliphatic rings. The van der Waals surface area contributed by atoms with E-state index in [1.165, 1.54) is 6.92 Å². The number of Topliss-reactive ketones (excluding diaryl/α,β-unsaturated/α-hetero) is 1. The van der Waals surface area contributed by atoms with Gasteiger partial charge in [-0.15, -0.1) is 0 Å². The molecule has 0 saturated carbocycles. The number of thiol groups is 1. The van der Waals surface area contributed by atoms with Gasteiger partial charge in [-0.25, -0.2) is 4.79 Å². The number of rotatable bonds is 12. The molecule has 0 aliphatic carbocycles. The number of benzene rings is 2. The van der Waals surface area contributed by atoms with Crippen molar-refractivity contribution in [3.8, 4) is 5.75 Å². The van der Waals surface area contributed by atoms with E-state index in [9.17, 15) is 14.4 Å². The molecule has 0 aromatic heterocycles. The summed E-state index contributed by atoms with van der Waals surface area (Å²) in [6, 6.07) is 13.5. The number of carbonyl (C=O) groups is 3. The van der Waals surface area contributed by atoms with Crippen molar-refractivity contribution in [2.24, 2.45) is 5.41 Å². The third-order valence-corrected chi connectivity index (χ3v) is 5.41. The number of aliphatic hydroxyl groups excluding tert-OH is 1. The molecule has 0 heterocycles. The first-order chi connectivity index (χ1) is 16.2. The molecule has 1 amide bonds. The van der Waals surface area contributed by atoms with Crippen LogP contribution in [0.5, 0.6) is 5.75 Å². The van der Waals surface area contributed by atoms with Crippen LogP contribution in [-0.2, 0) is 14.3 Å².